The van der Waals surface area contributed by atoms with E-state index in [1.165, 1.54) is 0 Å². The number of rotatable bonds is 1. The van der Waals surface area contributed by atoms with Gasteiger partial charge in [0.15, 0.2) is 0 Å². The molecule has 0 aromatic carbocycles. The van der Waals surface area contributed by atoms with Crippen molar-refractivity contribution < 1.29 is 9.90 Å². The number of aliphatic hydroxyl groups is 1. The Kier molecular flexibility index (Phi) is 16.5. The molecule has 0 fully saturated rings. The van der Waals surface area contributed by atoms with Crippen LogP contribution in [-0.2, 0) is 4.79 Å². The molecule has 0 aromatic rings. The summed E-state index contributed by atoms with van der Waals surface area (Å²) < 4.78 is 0. The number of aldehydes is 1. The van der Waals surface area contributed by atoms with Gasteiger partial charge in [0.05, 0.1) is 6.61 Å². The summed E-state index contributed by atoms with van der Waals surface area (Å²) in [6, 6.07) is 0. The van der Waals surface area contributed by atoms with Crippen molar-refractivity contribution in [2.75, 3.05) is 6.61 Å². The molecule has 0 unspecified atom stereocenters. The third kappa shape index (κ3) is 11.4. The number of carbonyl (C=O) groups excluding carboxylic acids is 1. The van der Waals surface area contributed by atoms with E-state index in [4.69, 9.17) is 9.90 Å². The van der Waals surface area contributed by atoms with Gasteiger partial charge in [-0.15, -0.1) is 0 Å². The number of hydrogen-bond donors (Lipinski definition) is 1. The molecule has 3 heteroatoms. The maximum atomic E-state index is 8.92. The van der Waals surface area contributed by atoms with E-state index in [1.54, 1.807) is 0 Å². The quantitative estimate of drug-likeness (QED) is 0.315. The summed E-state index contributed by atoms with van der Waals surface area (Å²) >= 11 is 0. The molecule has 0 bridgehead atoms. The van der Waals surface area contributed by atoms with E-state index in [9.17, 15) is 0 Å². The molecular weight excluding hydrogens is 96.1 g/mol. The molecule has 0 aliphatic carbocycles. The molecule has 0 aliphatic heterocycles. The molecule has 2 nitrogen and oxygen atoms in total. The fraction of sp³-hybridized carbons (Fsp3) is 0.500. The third-order valence-corrected chi connectivity index (χ3v) is 0.0745. The number of aliphatic hydroxyl groups excluding tert-OH is 1. The van der Waals surface area contributed by atoms with Gasteiger partial charge >= 0.3 is 37.7 Å². The summed E-state index contributed by atoms with van der Waals surface area (Å²) in [5.41, 5.74) is 0. The second kappa shape index (κ2) is 8.86. The topological polar surface area (TPSA) is 37.3 Å². The van der Waals surface area contributed by atoms with Crippen LogP contribution in [0.1, 0.15) is 0 Å². The minimum absolute atomic E-state index is 0. The van der Waals surface area contributed by atoms with Gasteiger partial charge in [0.25, 0.3) is 0 Å². The van der Waals surface area contributed by atoms with Gasteiger partial charge in [0, 0.05) is 0 Å². The molecular formula is C2H6CaO2. The van der Waals surface area contributed by atoms with Crippen molar-refractivity contribution in [3.05, 3.63) is 0 Å². The first kappa shape index (κ1) is 9.31. The second-order valence-corrected chi connectivity index (χ2v) is 0.349. The molecule has 5 heavy (non-hydrogen) atoms. The van der Waals surface area contributed by atoms with E-state index in [-0.39, 0.29) is 44.3 Å². The predicted octanol–water partition coefficient (Wildman–Crippen LogP) is -1.74. The summed E-state index contributed by atoms with van der Waals surface area (Å²) in [6.45, 7) is -0.361. The van der Waals surface area contributed by atoms with Crippen molar-refractivity contribution >= 4 is 44.0 Å². The Hall–Kier alpha value is 0.890. The molecule has 0 heterocycles. The minimum atomic E-state index is -0.361. The SMILES string of the molecule is O=CCO.[CaH2]. The van der Waals surface area contributed by atoms with E-state index in [2.05, 4.69) is 0 Å². The molecule has 28 valence electrons. The molecule has 0 spiro atoms. The molecule has 0 amide bonds. The Bertz CT molecular complexity index is 21.6. The summed E-state index contributed by atoms with van der Waals surface area (Å²) in [7, 11) is 0. The maximum absolute atomic E-state index is 8.92. The molecule has 0 aliphatic rings. The van der Waals surface area contributed by atoms with E-state index in [0.29, 0.717) is 6.29 Å². The Morgan fingerprint density at radius 3 is 2.00 bits per heavy atom. The Morgan fingerprint density at radius 1 is 1.80 bits per heavy atom. The van der Waals surface area contributed by atoms with E-state index in [1.807, 2.05) is 0 Å². The Morgan fingerprint density at radius 2 is 2.00 bits per heavy atom. The van der Waals surface area contributed by atoms with E-state index in [0.717, 1.165) is 0 Å². The van der Waals surface area contributed by atoms with E-state index >= 15 is 0 Å². The van der Waals surface area contributed by atoms with Gasteiger partial charge in [0.2, 0.25) is 0 Å². The van der Waals surface area contributed by atoms with Crippen LogP contribution in [0.4, 0.5) is 0 Å². The fourth-order valence-electron chi connectivity index (χ4n) is 0. The van der Waals surface area contributed by atoms with Gasteiger partial charge in [-0.2, -0.15) is 0 Å². The Labute approximate surface area is 60.2 Å². The average molecular weight is 102 g/mol. The number of hydrogen-bond acceptors (Lipinski definition) is 2. The average Bonchev–Trinajstić information content (AvgIpc) is 1.37. The zero-order valence-corrected chi connectivity index (χ0v) is 2.14. The summed E-state index contributed by atoms with van der Waals surface area (Å²) in [4.78, 5) is 8.92. The van der Waals surface area contributed by atoms with Crippen molar-refractivity contribution in [1.29, 1.82) is 0 Å². The first-order valence-corrected chi connectivity index (χ1v) is 0.960. The third-order valence-electron chi connectivity index (χ3n) is 0.0745. The van der Waals surface area contributed by atoms with Gasteiger partial charge < -0.3 is 9.90 Å². The van der Waals surface area contributed by atoms with Crippen LogP contribution >= 0.6 is 0 Å². The van der Waals surface area contributed by atoms with Crippen LogP contribution in [0.25, 0.3) is 0 Å². The normalized spacial score (nSPS) is 5.00. The fourth-order valence-corrected chi connectivity index (χ4v) is 0. The first-order valence-electron chi connectivity index (χ1n) is 0.960. The molecule has 0 radical (unpaired) electrons. The van der Waals surface area contributed by atoms with Crippen LogP contribution in [0, 0.1) is 0 Å². The molecule has 0 saturated carbocycles. The van der Waals surface area contributed by atoms with Crippen LogP contribution in [0.5, 0.6) is 0 Å². The van der Waals surface area contributed by atoms with Gasteiger partial charge in [-0.05, 0) is 0 Å². The zero-order chi connectivity index (χ0) is 3.41. The second-order valence-electron chi connectivity index (χ2n) is 0.349. The van der Waals surface area contributed by atoms with Gasteiger partial charge in [-0.3, -0.25) is 0 Å². The molecule has 0 rings (SSSR count). The molecule has 1 N–H and O–H groups in total. The summed E-state index contributed by atoms with van der Waals surface area (Å²) in [6.07, 6.45) is 0.431. The summed E-state index contributed by atoms with van der Waals surface area (Å²) in [5.74, 6) is 0. The van der Waals surface area contributed by atoms with Crippen molar-refractivity contribution in [3.8, 4) is 0 Å². The van der Waals surface area contributed by atoms with Crippen LogP contribution in [0.2, 0.25) is 0 Å². The Balaban J connectivity index is 0. The zero-order valence-electron chi connectivity index (χ0n) is 2.14. The monoisotopic (exact) mass is 102 g/mol. The van der Waals surface area contributed by atoms with Gasteiger partial charge in [0.1, 0.15) is 6.29 Å². The van der Waals surface area contributed by atoms with Crippen LogP contribution in [0.3, 0.4) is 0 Å². The van der Waals surface area contributed by atoms with Crippen molar-refractivity contribution in [3.63, 3.8) is 0 Å². The molecule has 0 atom stereocenters. The van der Waals surface area contributed by atoms with Gasteiger partial charge in [-0.25, -0.2) is 0 Å². The van der Waals surface area contributed by atoms with Gasteiger partial charge in [-0.1, -0.05) is 0 Å². The standard InChI is InChI=1S/C2H4O2.Ca.2H/c3-1-2-4;;;/h1,4H,2H2;;;. The van der Waals surface area contributed by atoms with Crippen molar-refractivity contribution in [2.24, 2.45) is 0 Å². The van der Waals surface area contributed by atoms with E-state index < -0.39 is 0 Å². The first-order chi connectivity index (χ1) is 1.91. The molecule has 0 saturated heterocycles. The summed E-state index contributed by atoms with van der Waals surface area (Å²) in [5, 5.41) is 7.51. The van der Waals surface area contributed by atoms with Crippen LogP contribution in [0.15, 0.2) is 0 Å². The number of carbonyl (C=O) groups is 1. The van der Waals surface area contributed by atoms with Crippen LogP contribution in [-0.4, -0.2) is 55.7 Å². The van der Waals surface area contributed by atoms with Crippen molar-refractivity contribution in [1.82, 2.24) is 0 Å². The predicted molar refractivity (Wildman–Crippen MR) is 21.7 cm³/mol. The van der Waals surface area contributed by atoms with Crippen molar-refractivity contribution in [2.45, 2.75) is 0 Å². The molecule has 0 aromatic heterocycles. The van der Waals surface area contributed by atoms with Crippen LogP contribution < -0.4 is 0 Å².